The van der Waals surface area contributed by atoms with Gasteiger partial charge in [0.2, 0.25) is 0 Å². The molecule has 1 aromatic carbocycles. The summed E-state index contributed by atoms with van der Waals surface area (Å²) in [6.45, 7) is 17.0. The first-order valence-corrected chi connectivity index (χ1v) is 8.90. The molecule has 5 heteroatoms. The highest BCUT2D eigenvalue weighted by molar-refractivity contribution is 5.85. The zero-order valence-corrected chi connectivity index (χ0v) is 17.5. The van der Waals surface area contributed by atoms with Gasteiger partial charge in [-0.05, 0) is 57.0 Å². The Morgan fingerprint density at radius 3 is 2.32 bits per heavy atom. The molecule has 0 heterocycles. The summed E-state index contributed by atoms with van der Waals surface area (Å²) >= 11 is 0. The highest BCUT2D eigenvalue weighted by Crippen LogP contribution is 2.30. The van der Waals surface area contributed by atoms with Crippen LogP contribution in [0.2, 0.25) is 0 Å². The van der Waals surface area contributed by atoms with Gasteiger partial charge in [-0.3, -0.25) is 0 Å². The van der Waals surface area contributed by atoms with Crippen LogP contribution in [0.4, 0.5) is 0 Å². The Balaban J connectivity index is 0.00000576. The van der Waals surface area contributed by atoms with Crippen molar-refractivity contribution in [2.75, 3.05) is 26.2 Å². The first-order valence-electron chi connectivity index (χ1n) is 8.90. The zero-order chi connectivity index (χ0) is 18.3. The van der Waals surface area contributed by atoms with Gasteiger partial charge in [-0.1, -0.05) is 39.8 Å². The summed E-state index contributed by atoms with van der Waals surface area (Å²) in [7, 11) is 0. The van der Waals surface area contributed by atoms with Crippen LogP contribution in [0.3, 0.4) is 0 Å². The molecule has 4 nitrogen and oxygen atoms in total. The first kappa shape index (κ1) is 23.7. The van der Waals surface area contributed by atoms with Gasteiger partial charge in [0, 0.05) is 6.54 Å². The van der Waals surface area contributed by atoms with E-state index in [0.29, 0.717) is 12.5 Å². The summed E-state index contributed by atoms with van der Waals surface area (Å²) in [5, 5.41) is 0. The van der Waals surface area contributed by atoms with Crippen molar-refractivity contribution in [3.8, 4) is 5.75 Å². The van der Waals surface area contributed by atoms with Gasteiger partial charge in [-0.15, -0.1) is 12.4 Å². The van der Waals surface area contributed by atoms with E-state index in [9.17, 15) is 4.79 Å². The van der Waals surface area contributed by atoms with E-state index in [-0.39, 0.29) is 18.4 Å². The van der Waals surface area contributed by atoms with Crippen molar-refractivity contribution in [2.45, 2.75) is 60.0 Å². The van der Waals surface area contributed by atoms with Crippen molar-refractivity contribution < 1.29 is 14.3 Å². The largest absolute Gasteiger partial charge is 0.476 e. The molecule has 144 valence electrons. The van der Waals surface area contributed by atoms with Crippen LogP contribution >= 0.6 is 12.4 Å². The van der Waals surface area contributed by atoms with Gasteiger partial charge in [-0.2, -0.15) is 0 Å². The number of carbonyl (C=O) groups excluding carboxylic acids is 1. The monoisotopic (exact) mass is 371 g/mol. The Morgan fingerprint density at radius 2 is 1.80 bits per heavy atom. The van der Waals surface area contributed by atoms with Gasteiger partial charge >= 0.3 is 5.97 Å². The lowest BCUT2D eigenvalue weighted by Crippen LogP contribution is -2.41. The molecule has 0 spiro atoms. The fourth-order valence-corrected chi connectivity index (χ4v) is 2.50. The maximum Gasteiger partial charge on any atom is 0.349 e. The highest BCUT2D eigenvalue weighted by Gasteiger charge is 2.32. The van der Waals surface area contributed by atoms with E-state index in [0.717, 1.165) is 36.5 Å². The standard InChI is InChI=1S/C20H33NO3.ClH/c1-8-21(9-2)12-13-23-19(22)20(6,7)24-18-14-16(5)10-11-17(18)15(3)4;/h10-11,14-15H,8-9,12-13H2,1-7H3;1H. The molecule has 0 fully saturated rings. The highest BCUT2D eigenvalue weighted by atomic mass is 35.5. The van der Waals surface area contributed by atoms with Crippen molar-refractivity contribution >= 4 is 18.4 Å². The molecular weight excluding hydrogens is 338 g/mol. The SMILES string of the molecule is CCN(CC)CCOC(=O)C(C)(C)Oc1cc(C)ccc1C(C)C.Cl. The third-order valence-corrected chi connectivity index (χ3v) is 4.18. The Morgan fingerprint density at radius 1 is 1.20 bits per heavy atom. The van der Waals surface area contributed by atoms with E-state index in [1.165, 1.54) is 0 Å². The molecule has 0 aliphatic rings. The second-order valence-corrected chi connectivity index (χ2v) is 6.97. The number of hydrogen-bond acceptors (Lipinski definition) is 4. The summed E-state index contributed by atoms with van der Waals surface area (Å²) in [6, 6.07) is 6.12. The summed E-state index contributed by atoms with van der Waals surface area (Å²) in [5.74, 6) is 0.761. The summed E-state index contributed by atoms with van der Waals surface area (Å²) in [5.41, 5.74) is 1.20. The smallest absolute Gasteiger partial charge is 0.349 e. The molecular formula is C20H34ClNO3. The van der Waals surface area contributed by atoms with Crippen LogP contribution in [0.5, 0.6) is 5.75 Å². The van der Waals surface area contributed by atoms with Gasteiger partial charge in [0.1, 0.15) is 12.4 Å². The van der Waals surface area contributed by atoms with Crippen LogP contribution in [-0.2, 0) is 9.53 Å². The minimum absolute atomic E-state index is 0. The van der Waals surface area contributed by atoms with Gasteiger partial charge in [0.05, 0.1) is 0 Å². The van der Waals surface area contributed by atoms with Gasteiger partial charge < -0.3 is 14.4 Å². The topological polar surface area (TPSA) is 38.8 Å². The molecule has 0 atom stereocenters. The van der Waals surface area contributed by atoms with Crippen LogP contribution in [-0.4, -0.2) is 42.7 Å². The number of aryl methyl sites for hydroxylation is 1. The lowest BCUT2D eigenvalue weighted by atomic mass is 10.00. The lowest BCUT2D eigenvalue weighted by molar-refractivity contribution is -0.159. The van der Waals surface area contributed by atoms with Gasteiger partial charge in [-0.25, -0.2) is 4.79 Å². The molecule has 0 aromatic heterocycles. The van der Waals surface area contributed by atoms with Crippen LogP contribution in [0.15, 0.2) is 18.2 Å². The fourth-order valence-electron chi connectivity index (χ4n) is 2.50. The molecule has 0 bridgehead atoms. The molecule has 1 rings (SSSR count). The molecule has 0 aliphatic carbocycles. The quantitative estimate of drug-likeness (QED) is 0.595. The lowest BCUT2D eigenvalue weighted by Gasteiger charge is -2.27. The van der Waals surface area contributed by atoms with Crippen molar-refractivity contribution in [3.63, 3.8) is 0 Å². The Kier molecular flexibility index (Phi) is 10.1. The first-order chi connectivity index (χ1) is 11.2. The number of nitrogens with zero attached hydrogens (tertiary/aromatic N) is 1. The van der Waals surface area contributed by atoms with Crippen molar-refractivity contribution in [1.29, 1.82) is 0 Å². The Bertz CT molecular complexity index is 540. The number of esters is 1. The summed E-state index contributed by atoms with van der Waals surface area (Å²) in [6.07, 6.45) is 0. The predicted molar refractivity (Wildman–Crippen MR) is 106 cm³/mol. The minimum Gasteiger partial charge on any atom is -0.476 e. The molecule has 0 unspecified atom stereocenters. The van der Waals surface area contributed by atoms with E-state index in [1.54, 1.807) is 13.8 Å². The van der Waals surface area contributed by atoms with Crippen molar-refractivity contribution in [3.05, 3.63) is 29.3 Å². The fraction of sp³-hybridized carbons (Fsp3) is 0.650. The average Bonchev–Trinajstić information content (AvgIpc) is 2.50. The molecule has 25 heavy (non-hydrogen) atoms. The van der Waals surface area contributed by atoms with E-state index >= 15 is 0 Å². The number of likely N-dealkylation sites (N-methyl/N-ethyl adjacent to an activating group) is 1. The molecule has 0 N–H and O–H groups in total. The summed E-state index contributed by atoms with van der Waals surface area (Å²) in [4.78, 5) is 14.6. The number of carbonyl (C=O) groups is 1. The Hall–Kier alpha value is -1.26. The molecule has 0 aliphatic heterocycles. The number of rotatable bonds is 9. The minimum atomic E-state index is -1.01. The normalized spacial score (nSPS) is 11.4. The van der Waals surface area contributed by atoms with Crippen molar-refractivity contribution in [1.82, 2.24) is 4.90 Å². The van der Waals surface area contributed by atoms with Crippen LogP contribution in [0.25, 0.3) is 0 Å². The van der Waals surface area contributed by atoms with Gasteiger partial charge in [0.15, 0.2) is 5.60 Å². The van der Waals surface area contributed by atoms with Crippen molar-refractivity contribution in [2.24, 2.45) is 0 Å². The second-order valence-electron chi connectivity index (χ2n) is 6.97. The number of benzene rings is 1. The van der Waals surface area contributed by atoms with E-state index in [1.807, 2.05) is 13.0 Å². The summed E-state index contributed by atoms with van der Waals surface area (Å²) < 4.78 is 11.5. The molecule has 0 amide bonds. The third-order valence-electron chi connectivity index (χ3n) is 4.18. The van der Waals surface area contributed by atoms with Crippen LogP contribution in [0, 0.1) is 6.92 Å². The van der Waals surface area contributed by atoms with E-state index in [2.05, 4.69) is 44.7 Å². The molecule has 1 aromatic rings. The number of hydrogen-bond donors (Lipinski definition) is 0. The number of halogens is 1. The second kappa shape index (κ2) is 10.7. The van der Waals surface area contributed by atoms with E-state index in [4.69, 9.17) is 9.47 Å². The number of ether oxygens (including phenoxy) is 2. The third kappa shape index (κ3) is 7.25. The maximum atomic E-state index is 12.4. The van der Waals surface area contributed by atoms with E-state index < -0.39 is 5.60 Å². The molecule has 0 radical (unpaired) electrons. The predicted octanol–water partition coefficient (Wildman–Crippen LogP) is 4.58. The maximum absolute atomic E-state index is 12.4. The Labute approximate surface area is 159 Å². The molecule has 0 saturated carbocycles. The average molecular weight is 372 g/mol. The van der Waals surface area contributed by atoms with Crippen LogP contribution in [0.1, 0.15) is 58.6 Å². The van der Waals surface area contributed by atoms with Gasteiger partial charge in [0.25, 0.3) is 0 Å². The van der Waals surface area contributed by atoms with Crippen LogP contribution < -0.4 is 4.74 Å². The molecule has 0 saturated heterocycles. The zero-order valence-electron chi connectivity index (χ0n) is 16.7.